The van der Waals surface area contributed by atoms with Gasteiger partial charge < -0.3 is 20.5 Å². The molecule has 0 aromatic rings. The van der Waals surface area contributed by atoms with Crippen LogP contribution in [0.4, 0.5) is 0 Å². The summed E-state index contributed by atoms with van der Waals surface area (Å²) in [5, 5.41) is 14.8. The molecule has 0 aliphatic rings. The number of methoxy groups -OCH3 is 1. The molecule has 14 heavy (non-hydrogen) atoms. The third-order valence-electron chi connectivity index (χ3n) is 1.96. The van der Waals surface area contributed by atoms with E-state index in [-0.39, 0.29) is 11.9 Å². The second-order valence-corrected chi connectivity index (χ2v) is 3.20. The van der Waals surface area contributed by atoms with Crippen LogP contribution in [0.1, 0.15) is 13.3 Å². The van der Waals surface area contributed by atoms with Gasteiger partial charge in [-0.1, -0.05) is 0 Å². The van der Waals surface area contributed by atoms with Crippen LogP contribution in [-0.2, 0) is 9.53 Å². The van der Waals surface area contributed by atoms with E-state index in [1.54, 1.807) is 14.0 Å². The molecule has 0 aliphatic heterocycles. The Morgan fingerprint density at radius 1 is 1.57 bits per heavy atom. The Bertz CT molecular complexity index is 164. The van der Waals surface area contributed by atoms with E-state index in [1.165, 1.54) is 7.11 Å². The van der Waals surface area contributed by atoms with Gasteiger partial charge in [0.25, 0.3) is 0 Å². The molecule has 0 heterocycles. The molecule has 0 aromatic heterocycles. The summed E-state index contributed by atoms with van der Waals surface area (Å²) in [6, 6.07) is -0.199. The van der Waals surface area contributed by atoms with Crippen LogP contribution in [0.2, 0.25) is 0 Å². The average molecular weight is 204 g/mol. The van der Waals surface area contributed by atoms with Crippen molar-refractivity contribution in [3.05, 3.63) is 0 Å². The molecule has 0 radical (unpaired) electrons. The number of rotatable bonds is 7. The van der Waals surface area contributed by atoms with E-state index in [0.717, 1.165) is 0 Å². The van der Waals surface area contributed by atoms with E-state index in [2.05, 4.69) is 10.6 Å². The highest BCUT2D eigenvalue weighted by atomic mass is 16.5. The highest BCUT2D eigenvalue weighted by Crippen LogP contribution is 1.90. The minimum absolute atomic E-state index is 0.0582. The highest BCUT2D eigenvalue weighted by molar-refractivity contribution is 5.81. The van der Waals surface area contributed by atoms with Gasteiger partial charge in [0.05, 0.1) is 18.8 Å². The van der Waals surface area contributed by atoms with Gasteiger partial charge in [0.1, 0.15) is 0 Å². The zero-order chi connectivity index (χ0) is 11.0. The molecule has 0 rings (SSSR count). The molecule has 0 fully saturated rings. The summed E-state index contributed by atoms with van der Waals surface area (Å²) >= 11 is 0. The molecule has 0 aliphatic carbocycles. The number of nitrogens with one attached hydrogen (secondary N) is 2. The summed E-state index contributed by atoms with van der Waals surface area (Å²) < 4.78 is 4.75. The number of aliphatic hydroxyl groups is 1. The first-order valence-corrected chi connectivity index (χ1v) is 4.73. The number of ether oxygens (including phenoxy) is 1. The molecule has 0 spiro atoms. The molecule has 0 aromatic carbocycles. The lowest BCUT2D eigenvalue weighted by atomic mass is 10.2. The predicted octanol–water partition coefficient (Wildman–Crippen LogP) is -0.892. The maximum Gasteiger partial charge on any atom is 0.236 e. The molecular weight excluding hydrogens is 184 g/mol. The maximum atomic E-state index is 11.2. The van der Waals surface area contributed by atoms with Crippen molar-refractivity contribution >= 4 is 5.91 Å². The standard InChI is InChI=1S/C9H20N2O3/c1-7(10-2)9(13)11-5-4-8(12)6-14-3/h7-8,10,12H,4-6H2,1-3H3,(H,11,13). The molecule has 2 atom stereocenters. The molecule has 5 heteroatoms. The lowest BCUT2D eigenvalue weighted by Gasteiger charge is -2.13. The van der Waals surface area contributed by atoms with Gasteiger partial charge in [0.2, 0.25) is 5.91 Å². The second kappa shape index (κ2) is 7.73. The number of carbonyl (C=O) groups is 1. The van der Waals surface area contributed by atoms with Crippen LogP contribution in [-0.4, -0.2) is 50.5 Å². The van der Waals surface area contributed by atoms with E-state index in [1.807, 2.05) is 0 Å². The summed E-state index contributed by atoms with van der Waals surface area (Å²) in [7, 11) is 3.26. The van der Waals surface area contributed by atoms with Crippen LogP contribution in [0, 0.1) is 0 Å². The first-order chi connectivity index (χ1) is 6.61. The van der Waals surface area contributed by atoms with Crippen molar-refractivity contribution in [1.82, 2.24) is 10.6 Å². The predicted molar refractivity (Wildman–Crippen MR) is 54.0 cm³/mol. The van der Waals surface area contributed by atoms with Gasteiger partial charge in [-0.05, 0) is 20.4 Å². The van der Waals surface area contributed by atoms with Crippen LogP contribution < -0.4 is 10.6 Å². The smallest absolute Gasteiger partial charge is 0.236 e. The van der Waals surface area contributed by atoms with E-state index in [4.69, 9.17) is 4.74 Å². The summed E-state index contributed by atoms with van der Waals surface area (Å²) in [5.74, 6) is -0.0582. The zero-order valence-electron chi connectivity index (χ0n) is 9.04. The topological polar surface area (TPSA) is 70.6 Å². The minimum atomic E-state index is -0.509. The number of hydrogen-bond acceptors (Lipinski definition) is 4. The monoisotopic (exact) mass is 204 g/mol. The maximum absolute atomic E-state index is 11.2. The van der Waals surface area contributed by atoms with Crippen LogP contribution in [0.5, 0.6) is 0 Å². The number of amides is 1. The summed E-state index contributed by atoms with van der Waals surface area (Å²) in [5.41, 5.74) is 0. The Hall–Kier alpha value is -0.650. The number of likely N-dealkylation sites (N-methyl/N-ethyl adjacent to an activating group) is 1. The summed E-state index contributed by atoms with van der Waals surface area (Å²) in [4.78, 5) is 11.2. The molecule has 84 valence electrons. The fraction of sp³-hybridized carbons (Fsp3) is 0.889. The molecule has 0 saturated carbocycles. The van der Waals surface area contributed by atoms with Crippen LogP contribution in [0.3, 0.4) is 0 Å². The van der Waals surface area contributed by atoms with Crippen molar-refractivity contribution in [3.63, 3.8) is 0 Å². The first-order valence-electron chi connectivity index (χ1n) is 4.73. The Labute approximate surface area is 84.8 Å². The van der Waals surface area contributed by atoms with E-state index in [0.29, 0.717) is 19.6 Å². The van der Waals surface area contributed by atoms with Gasteiger partial charge in [0, 0.05) is 13.7 Å². The van der Waals surface area contributed by atoms with E-state index in [9.17, 15) is 9.90 Å². The fourth-order valence-electron chi connectivity index (χ4n) is 0.922. The number of aliphatic hydroxyl groups excluding tert-OH is 1. The third-order valence-corrected chi connectivity index (χ3v) is 1.96. The molecule has 5 nitrogen and oxygen atoms in total. The quantitative estimate of drug-likeness (QED) is 0.503. The van der Waals surface area contributed by atoms with Gasteiger partial charge in [0.15, 0.2) is 0 Å². The van der Waals surface area contributed by atoms with Crippen molar-refractivity contribution < 1.29 is 14.6 Å². The number of carbonyl (C=O) groups excluding carboxylic acids is 1. The average Bonchev–Trinajstić information content (AvgIpc) is 2.16. The summed E-state index contributed by atoms with van der Waals surface area (Å²) in [6.07, 6.45) is 0.000853. The fourth-order valence-corrected chi connectivity index (χ4v) is 0.922. The molecular formula is C9H20N2O3. The van der Waals surface area contributed by atoms with Crippen LogP contribution in [0.15, 0.2) is 0 Å². The highest BCUT2D eigenvalue weighted by Gasteiger charge is 2.10. The minimum Gasteiger partial charge on any atom is -0.391 e. The Kier molecular flexibility index (Phi) is 7.37. The van der Waals surface area contributed by atoms with Crippen LogP contribution >= 0.6 is 0 Å². The number of hydrogen-bond donors (Lipinski definition) is 3. The largest absolute Gasteiger partial charge is 0.391 e. The van der Waals surface area contributed by atoms with E-state index >= 15 is 0 Å². The van der Waals surface area contributed by atoms with Crippen molar-refractivity contribution in [1.29, 1.82) is 0 Å². The van der Waals surface area contributed by atoms with Crippen LogP contribution in [0.25, 0.3) is 0 Å². The Morgan fingerprint density at radius 2 is 2.21 bits per heavy atom. The Balaban J connectivity index is 3.48. The SMILES string of the molecule is CNC(C)C(=O)NCCC(O)COC. The molecule has 0 saturated heterocycles. The van der Waals surface area contributed by atoms with Crippen molar-refractivity contribution in [2.24, 2.45) is 0 Å². The van der Waals surface area contributed by atoms with Gasteiger partial charge in [-0.15, -0.1) is 0 Å². The lowest BCUT2D eigenvalue weighted by molar-refractivity contribution is -0.122. The normalized spacial score (nSPS) is 14.9. The summed E-state index contributed by atoms with van der Waals surface area (Å²) in [6.45, 7) is 2.55. The molecule has 3 N–H and O–H groups in total. The molecule has 1 amide bonds. The van der Waals surface area contributed by atoms with Gasteiger partial charge in [-0.2, -0.15) is 0 Å². The third kappa shape index (κ3) is 5.90. The van der Waals surface area contributed by atoms with Gasteiger partial charge >= 0.3 is 0 Å². The Morgan fingerprint density at radius 3 is 2.71 bits per heavy atom. The lowest BCUT2D eigenvalue weighted by Crippen LogP contribution is -2.41. The van der Waals surface area contributed by atoms with Crippen molar-refractivity contribution in [2.45, 2.75) is 25.5 Å². The van der Waals surface area contributed by atoms with Crippen molar-refractivity contribution in [2.75, 3.05) is 27.3 Å². The molecule has 2 unspecified atom stereocenters. The van der Waals surface area contributed by atoms with Crippen molar-refractivity contribution in [3.8, 4) is 0 Å². The van der Waals surface area contributed by atoms with Gasteiger partial charge in [-0.3, -0.25) is 4.79 Å². The second-order valence-electron chi connectivity index (χ2n) is 3.20. The van der Waals surface area contributed by atoms with E-state index < -0.39 is 6.10 Å². The first kappa shape index (κ1) is 13.4. The zero-order valence-corrected chi connectivity index (χ0v) is 9.04. The van der Waals surface area contributed by atoms with Gasteiger partial charge in [-0.25, -0.2) is 0 Å². The molecule has 0 bridgehead atoms.